The van der Waals surface area contributed by atoms with E-state index in [1.807, 2.05) is 25.3 Å². The number of allylic oxidation sites excluding steroid dienone is 2. The fourth-order valence-electron chi connectivity index (χ4n) is 4.39. The monoisotopic (exact) mass is 655 g/mol. The number of aliphatic imine (C=N–C) groups is 1. The number of carboxylic acids is 1. The lowest BCUT2D eigenvalue weighted by Crippen LogP contribution is -2.31. The van der Waals surface area contributed by atoms with Gasteiger partial charge in [-0.2, -0.15) is 0 Å². The molecule has 0 saturated heterocycles. The first-order valence-corrected chi connectivity index (χ1v) is 16.8. The number of aromatic nitrogens is 3. The number of nitrogens with zero attached hydrogens (tertiary/aromatic N) is 4. The summed E-state index contributed by atoms with van der Waals surface area (Å²) in [5, 5.41) is 21.9. The Morgan fingerprint density at radius 1 is 1.11 bits per heavy atom. The fourth-order valence-corrected chi connectivity index (χ4v) is 5.49. The molecule has 1 amide bonds. The summed E-state index contributed by atoms with van der Waals surface area (Å²) in [4.78, 5) is 28.5. The quantitative estimate of drug-likeness (QED) is 0.102. The van der Waals surface area contributed by atoms with Gasteiger partial charge in [0, 0.05) is 24.0 Å². The molecule has 0 aliphatic heterocycles. The number of hydrogen-bond acceptors (Lipinski definition) is 8. The summed E-state index contributed by atoms with van der Waals surface area (Å²) in [5.74, 6) is 1.27. The lowest BCUT2D eigenvalue weighted by Gasteiger charge is -2.27. The Morgan fingerprint density at radius 3 is 2.39 bits per heavy atom. The highest BCUT2D eigenvalue weighted by atomic mass is 32.2. The third-order valence-corrected chi connectivity index (χ3v) is 9.23. The molecule has 10 nitrogen and oxygen atoms in total. The van der Waals surface area contributed by atoms with Crippen LogP contribution in [0.5, 0.6) is 5.75 Å². The molecule has 2 N–H and O–H groups in total. The molecule has 254 valence electrons. The zero-order valence-electron chi connectivity index (χ0n) is 28.8. The molecule has 0 fully saturated rings. The summed E-state index contributed by atoms with van der Waals surface area (Å²) in [7, 11) is 0. The summed E-state index contributed by atoms with van der Waals surface area (Å²) in [6, 6.07) is 6.56. The zero-order chi connectivity index (χ0) is 34.5. The number of amides is 1. The van der Waals surface area contributed by atoms with Crippen molar-refractivity contribution in [3.05, 3.63) is 54.6 Å². The van der Waals surface area contributed by atoms with Gasteiger partial charge < -0.3 is 19.9 Å². The van der Waals surface area contributed by atoms with Gasteiger partial charge in [0.15, 0.2) is 5.82 Å². The molecule has 0 saturated carbocycles. The summed E-state index contributed by atoms with van der Waals surface area (Å²) in [5.41, 5.74) is -0.667. The highest BCUT2D eigenvalue weighted by molar-refractivity contribution is 8.08. The molecule has 1 aromatic heterocycles. The van der Waals surface area contributed by atoms with Gasteiger partial charge in [0.05, 0.1) is 29.1 Å². The number of hydrogen-bond donors (Lipinski definition) is 2. The van der Waals surface area contributed by atoms with E-state index in [0.29, 0.717) is 60.3 Å². The van der Waals surface area contributed by atoms with Crippen LogP contribution < -0.4 is 10.1 Å². The van der Waals surface area contributed by atoms with E-state index in [0.717, 1.165) is 17.9 Å². The van der Waals surface area contributed by atoms with Crippen LogP contribution in [0.15, 0.2) is 48.0 Å². The maximum Gasteiger partial charge on any atom is 0.309 e. The molecule has 2 aromatic rings. The molecular weight excluding hydrogens is 602 g/mol. The first-order valence-electron chi connectivity index (χ1n) is 15.9. The van der Waals surface area contributed by atoms with Crippen LogP contribution in [0.3, 0.4) is 0 Å². The summed E-state index contributed by atoms with van der Waals surface area (Å²) < 4.78 is 13.7. The SMILES string of the molecule is C=N[C@@H](CC(=O)Nc1ccc(OCCC(C)(C)OCCC(C)(C)C(=O)O)cc1)c1nnc(C)n1C(=C)SC(C)[C@@H](C)C/C=C\CC. The number of carbonyl (C=O) groups excluding carboxylic acids is 1. The Hall–Kier alpha value is -3.44. The minimum Gasteiger partial charge on any atom is -0.493 e. The first-order chi connectivity index (χ1) is 21.6. The summed E-state index contributed by atoms with van der Waals surface area (Å²) in [6.07, 6.45) is 7.54. The molecule has 0 radical (unpaired) electrons. The van der Waals surface area contributed by atoms with E-state index in [2.05, 4.69) is 66.7 Å². The van der Waals surface area contributed by atoms with Crippen LogP contribution in [0, 0.1) is 18.3 Å². The number of carbonyl (C=O) groups is 2. The van der Waals surface area contributed by atoms with Crippen LogP contribution in [-0.4, -0.2) is 62.5 Å². The molecule has 1 heterocycles. The molecule has 2 rings (SSSR count). The van der Waals surface area contributed by atoms with Crippen molar-refractivity contribution in [3.63, 3.8) is 0 Å². The predicted molar refractivity (Wildman–Crippen MR) is 189 cm³/mol. The van der Waals surface area contributed by atoms with Gasteiger partial charge in [0.2, 0.25) is 5.91 Å². The van der Waals surface area contributed by atoms with E-state index in [-0.39, 0.29) is 12.3 Å². The van der Waals surface area contributed by atoms with Gasteiger partial charge >= 0.3 is 5.97 Å². The van der Waals surface area contributed by atoms with Crippen molar-refractivity contribution < 1.29 is 24.2 Å². The Balaban J connectivity index is 1.91. The molecule has 0 aliphatic rings. The number of benzene rings is 1. The van der Waals surface area contributed by atoms with Crippen molar-refractivity contribution in [2.45, 2.75) is 104 Å². The highest BCUT2D eigenvalue weighted by Crippen LogP contribution is 2.34. The first kappa shape index (κ1) is 38.7. The van der Waals surface area contributed by atoms with Gasteiger partial charge in [0.1, 0.15) is 17.6 Å². The zero-order valence-corrected chi connectivity index (χ0v) is 29.7. The van der Waals surface area contributed by atoms with Crippen molar-refractivity contribution in [2.75, 3.05) is 18.5 Å². The van der Waals surface area contributed by atoms with Crippen LogP contribution in [-0.2, 0) is 14.3 Å². The smallest absolute Gasteiger partial charge is 0.309 e. The van der Waals surface area contributed by atoms with Gasteiger partial charge in [-0.3, -0.25) is 19.1 Å². The van der Waals surface area contributed by atoms with E-state index in [9.17, 15) is 14.7 Å². The Morgan fingerprint density at radius 2 is 1.78 bits per heavy atom. The third kappa shape index (κ3) is 12.4. The highest BCUT2D eigenvalue weighted by Gasteiger charge is 2.28. The molecule has 0 aliphatic carbocycles. The summed E-state index contributed by atoms with van der Waals surface area (Å²) >= 11 is 1.67. The summed E-state index contributed by atoms with van der Waals surface area (Å²) in [6.45, 7) is 24.5. The largest absolute Gasteiger partial charge is 0.493 e. The standard InChI is InChI=1S/C35H53N5O5S/c1-11-12-13-14-24(2)25(3)46-27(5)40-26(4)38-39-32(40)30(36-10)23-31(41)37-28-15-17-29(18-16-28)44-21-20-35(8,9)45-22-19-34(6,7)33(42)43/h12-13,15-18,24-25,30H,5,10-11,14,19-23H2,1-4,6-9H3,(H,37,41)(H,42,43)/b13-12-/t24-,25?,30-/m0/s1. The number of aliphatic carboxylic acids is 1. The minimum absolute atomic E-state index is 0.0460. The topological polar surface area (TPSA) is 128 Å². The van der Waals surface area contributed by atoms with Crippen LogP contribution in [0.2, 0.25) is 0 Å². The lowest BCUT2D eigenvalue weighted by atomic mass is 9.90. The average Bonchev–Trinajstić information content (AvgIpc) is 3.37. The Kier molecular flexibility index (Phi) is 15.2. The molecule has 1 unspecified atom stereocenters. The second kappa shape index (κ2) is 18.0. The lowest BCUT2D eigenvalue weighted by molar-refractivity contribution is -0.149. The molecular formula is C35H53N5O5S. The number of carboxylic acid groups (broad SMARTS) is 1. The molecule has 3 atom stereocenters. The molecule has 0 spiro atoms. The average molecular weight is 656 g/mol. The predicted octanol–water partition coefficient (Wildman–Crippen LogP) is 7.96. The molecule has 46 heavy (non-hydrogen) atoms. The normalized spacial score (nSPS) is 14.1. The van der Waals surface area contributed by atoms with Crippen molar-refractivity contribution >= 4 is 41.1 Å². The number of aryl methyl sites for hydroxylation is 1. The van der Waals surface area contributed by atoms with Crippen molar-refractivity contribution in [1.29, 1.82) is 0 Å². The number of ether oxygens (including phenoxy) is 2. The van der Waals surface area contributed by atoms with Crippen molar-refractivity contribution in [2.24, 2.45) is 16.3 Å². The van der Waals surface area contributed by atoms with Crippen molar-refractivity contribution in [1.82, 2.24) is 14.8 Å². The van der Waals surface area contributed by atoms with E-state index in [1.54, 1.807) is 49.9 Å². The van der Waals surface area contributed by atoms with Gasteiger partial charge in [0.25, 0.3) is 0 Å². The maximum atomic E-state index is 13.0. The van der Waals surface area contributed by atoms with Crippen LogP contribution in [0.25, 0.3) is 5.03 Å². The second-order valence-electron chi connectivity index (χ2n) is 12.9. The van der Waals surface area contributed by atoms with Gasteiger partial charge in [-0.05, 0) is 90.8 Å². The van der Waals surface area contributed by atoms with E-state index < -0.39 is 23.0 Å². The van der Waals surface area contributed by atoms with E-state index in [4.69, 9.17) is 9.47 Å². The maximum absolute atomic E-state index is 13.0. The van der Waals surface area contributed by atoms with Gasteiger partial charge in [-0.15, -0.1) is 22.0 Å². The molecule has 1 aromatic carbocycles. The number of nitrogens with one attached hydrogen (secondary N) is 1. The fraction of sp³-hybridized carbons (Fsp3) is 0.571. The van der Waals surface area contributed by atoms with Crippen molar-refractivity contribution in [3.8, 4) is 5.75 Å². The van der Waals surface area contributed by atoms with Crippen LogP contribution in [0.1, 0.15) is 98.3 Å². The van der Waals surface area contributed by atoms with Crippen LogP contribution >= 0.6 is 11.8 Å². The van der Waals surface area contributed by atoms with Gasteiger partial charge in [-0.25, -0.2) is 0 Å². The number of thioether (sulfide) groups is 1. The van der Waals surface area contributed by atoms with Crippen LogP contribution in [0.4, 0.5) is 5.69 Å². The second-order valence-corrected chi connectivity index (χ2v) is 14.3. The number of rotatable bonds is 21. The molecule has 0 bridgehead atoms. The minimum atomic E-state index is -0.837. The van der Waals surface area contributed by atoms with E-state index >= 15 is 0 Å². The van der Waals surface area contributed by atoms with E-state index in [1.165, 1.54) is 0 Å². The Labute approximate surface area is 279 Å². The number of anilines is 1. The Bertz CT molecular complexity index is 1340. The third-order valence-electron chi connectivity index (χ3n) is 7.94. The molecule has 11 heteroatoms. The van der Waals surface area contributed by atoms with Gasteiger partial charge in [-0.1, -0.05) is 39.5 Å².